The Hall–Kier alpha value is -1.89. The van der Waals surface area contributed by atoms with Crippen LogP contribution in [0, 0.1) is 0 Å². The number of likely N-dealkylation sites (N-methyl/N-ethyl adjacent to an activating group) is 1. The summed E-state index contributed by atoms with van der Waals surface area (Å²) in [7, 11) is 4.71. The second kappa shape index (κ2) is 6.48. The Morgan fingerprint density at radius 1 is 1.18 bits per heavy atom. The topological polar surface area (TPSA) is 90.3 Å². The number of anilines is 1. The number of hydrogen-bond donors (Lipinski definition) is 1. The first-order valence-corrected chi connectivity index (χ1v) is 7.63. The number of nitrogen functional groups attached to an aromatic ring is 1. The van der Waals surface area contributed by atoms with Gasteiger partial charge in [0, 0.05) is 20.1 Å². The van der Waals surface area contributed by atoms with Gasteiger partial charge in [-0.25, -0.2) is 4.79 Å². The maximum atomic E-state index is 12.5. The molecule has 1 aliphatic rings. The Bertz CT molecular complexity index is 683. The van der Waals surface area contributed by atoms with Gasteiger partial charge >= 0.3 is 5.69 Å². The van der Waals surface area contributed by atoms with Crippen molar-refractivity contribution in [2.24, 2.45) is 14.1 Å². The van der Waals surface area contributed by atoms with Gasteiger partial charge in [0.15, 0.2) is 5.78 Å². The highest BCUT2D eigenvalue weighted by Crippen LogP contribution is 2.21. The van der Waals surface area contributed by atoms with Crippen LogP contribution in [0.25, 0.3) is 0 Å². The van der Waals surface area contributed by atoms with Gasteiger partial charge in [-0.2, -0.15) is 0 Å². The third-order valence-electron chi connectivity index (χ3n) is 4.58. The zero-order valence-corrected chi connectivity index (χ0v) is 13.5. The third kappa shape index (κ3) is 2.99. The van der Waals surface area contributed by atoms with Gasteiger partial charge in [-0.15, -0.1) is 0 Å². The van der Waals surface area contributed by atoms with Crippen molar-refractivity contribution in [3.05, 3.63) is 26.4 Å². The lowest BCUT2D eigenvalue weighted by Gasteiger charge is -2.30. The maximum Gasteiger partial charge on any atom is 0.332 e. The molecule has 1 aromatic rings. The number of rotatable bonds is 4. The fourth-order valence-electron chi connectivity index (χ4n) is 3.08. The van der Waals surface area contributed by atoms with Crippen LogP contribution in [0.5, 0.6) is 0 Å². The molecule has 122 valence electrons. The van der Waals surface area contributed by atoms with E-state index in [1.807, 2.05) is 11.9 Å². The zero-order valence-electron chi connectivity index (χ0n) is 13.5. The quantitative estimate of drug-likeness (QED) is 0.798. The average molecular weight is 308 g/mol. The zero-order chi connectivity index (χ0) is 16.4. The summed E-state index contributed by atoms with van der Waals surface area (Å²) in [5, 5.41) is 0. The summed E-state index contributed by atoms with van der Waals surface area (Å²) < 4.78 is 2.06. The van der Waals surface area contributed by atoms with Gasteiger partial charge in [-0.1, -0.05) is 19.3 Å². The second-order valence-electron chi connectivity index (χ2n) is 6.10. The molecule has 0 atom stereocenters. The van der Waals surface area contributed by atoms with E-state index in [0.717, 1.165) is 22.0 Å². The fraction of sp³-hybridized carbons (Fsp3) is 0.667. The summed E-state index contributed by atoms with van der Waals surface area (Å²) in [5.41, 5.74) is 4.58. The molecule has 1 fully saturated rings. The molecule has 2 rings (SSSR count). The number of nitrogens with zero attached hydrogens (tertiary/aromatic N) is 3. The minimum absolute atomic E-state index is 0.0601. The van der Waals surface area contributed by atoms with Crippen LogP contribution in [0.15, 0.2) is 9.59 Å². The first kappa shape index (κ1) is 16.5. The van der Waals surface area contributed by atoms with E-state index < -0.39 is 11.2 Å². The number of carbonyl (C=O) groups excluding carboxylic acids is 1. The molecule has 1 aliphatic carbocycles. The smallest absolute Gasteiger partial charge is 0.332 e. The Morgan fingerprint density at radius 3 is 2.36 bits per heavy atom. The van der Waals surface area contributed by atoms with E-state index in [4.69, 9.17) is 5.73 Å². The monoisotopic (exact) mass is 308 g/mol. The van der Waals surface area contributed by atoms with Crippen molar-refractivity contribution in [3.63, 3.8) is 0 Å². The Kier molecular flexibility index (Phi) is 4.85. The molecule has 7 nitrogen and oxygen atoms in total. The standard InChI is InChI=1S/C15H24N4O3/c1-17(10-7-5-4-6-8-10)9-11(20)12-13(16)18(2)15(22)19(3)14(12)21/h10H,4-9,16H2,1-3H3. The molecule has 0 radical (unpaired) electrons. The van der Waals surface area contributed by atoms with Crippen molar-refractivity contribution >= 4 is 11.6 Å². The highest BCUT2D eigenvalue weighted by atomic mass is 16.2. The van der Waals surface area contributed by atoms with Gasteiger partial charge in [0.05, 0.1) is 6.54 Å². The minimum Gasteiger partial charge on any atom is -0.384 e. The minimum atomic E-state index is -0.623. The molecule has 7 heteroatoms. The lowest BCUT2D eigenvalue weighted by molar-refractivity contribution is 0.0897. The molecule has 0 aromatic carbocycles. The van der Waals surface area contributed by atoms with Crippen molar-refractivity contribution in [2.45, 2.75) is 38.1 Å². The van der Waals surface area contributed by atoms with Gasteiger partial charge in [-0.05, 0) is 19.9 Å². The molecule has 0 unspecified atom stereocenters. The molecular formula is C15H24N4O3. The van der Waals surface area contributed by atoms with Gasteiger partial charge in [0.1, 0.15) is 11.4 Å². The number of nitrogens with two attached hydrogens (primary N) is 1. The van der Waals surface area contributed by atoms with Gasteiger partial charge in [0.2, 0.25) is 0 Å². The summed E-state index contributed by atoms with van der Waals surface area (Å²) in [4.78, 5) is 38.5. The van der Waals surface area contributed by atoms with Crippen LogP contribution in [-0.4, -0.2) is 39.5 Å². The molecule has 1 heterocycles. The highest BCUT2D eigenvalue weighted by Gasteiger charge is 2.24. The van der Waals surface area contributed by atoms with Crippen LogP contribution in [0.1, 0.15) is 42.5 Å². The molecule has 0 aliphatic heterocycles. The van der Waals surface area contributed by atoms with Crippen molar-refractivity contribution < 1.29 is 4.79 Å². The van der Waals surface area contributed by atoms with E-state index in [1.165, 1.54) is 33.4 Å². The van der Waals surface area contributed by atoms with Crippen LogP contribution in [-0.2, 0) is 14.1 Å². The van der Waals surface area contributed by atoms with Crippen molar-refractivity contribution in [3.8, 4) is 0 Å². The second-order valence-corrected chi connectivity index (χ2v) is 6.10. The largest absolute Gasteiger partial charge is 0.384 e. The van der Waals surface area contributed by atoms with Gasteiger partial charge in [0.25, 0.3) is 5.56 Å². The third-order valence-corrected chi connectivity index (χ3v) is 4.58. The first-order chi connectivity index (χ1) is 10.3. The van der Waals surface area contributed by atoms with E-state index >= 15 is 0 Å². The van der Waals surface area contributed by atoms with E-state index in [0.29, 0.717) is 6.04 Å². The molecule has 22 heavy (non-hydrogen) atoms. The van der Waals surface area contributed by atoms with Crippen molar-refractivity contribution in [2.75, 3.05) is 19.3 Å². The number of Topliss-reactive ketones (excluding diaryl/α,β-unsaturated/α-hetero) is 1. The van der Waals surface area contributed by atoms with Crippen LogP contribution < -0.4 is 17.0 Å². The summed E-state index contributed by atoms with van der Waals surface area (Å²) in [6, 6.07) is 0.371. The molecule has 1 saturated carbocycles. The molecule has 0 amide bonds. The van der Waals surface area contributed by atoms with Crippen LogP contribution in [0.2, 0.25) is 0 Å². The molecule has 0 bridgehead atoms. The summed E-state index contributed by atoms with van der Waals surface area (Å²) in [6.45, 7) is 0.141. The maximum absolute atomic E-state index is 12.5. The Morgan fingerprint density at radius 2 is 1.77 bits per heavy atom. The number of ketones is 1. The highest BCUT2D eigenvalue weighted by molar-refractivity contribution is 6.01. The fourth-order valence-corrected chi connectivity index (χ4v) is 3.08. The number of carbonyl (C=O) groups is 1. The lowest BCUT2D eigenvalue weighted by atomic mass is 9.94. The summed E-state index contributed by atoms with van der Waals surface area (Å²) >= 11 is 0. The summed E-state index contributed by atoms with van der Waals surface area (Å²) in [5.74, 6) is -0.392. The predicted octanol–water partition coefficient (Wildman–Crippen LogP) is 0.113. The van der Waals surface area contributed by atoms with E-state index in [9.17, 15) is 14.4 Å². The molecule has 1 aromatic heterocycles. The number of hydrogen-bond acceptors (Lipinski definition) is 5. The van der Waals surface area contributed by atoms with Crippen LogP contribution in [0.3, 0.4) is 0 Å². The van der Waals surface area contributed by atoms with Gasteiger partial charge < -0.3 is 5.73 Å². The molecule has 0 spiro atoms. The molecule has 0 saturated heterocycles. The van der Waals surface area contributed by atoms with Crippen molar-refractivity contribution in [1.82, 2.24) is 14.0 Å². The van der Waals surface area contributed by atoms with Gasteiger partial charge in [-0.3, -0.25) is 23.6 Å². The van der Waals surface area contributed by atoms with Crippen molar-refractivity contribution in [1.29, 1.82) is 0 Å². The SMILES string of the molecule is CN(CC(=O)c1c(N)n(C)c(=O)n(C)c1=O)C1CCCCC1. The van der Waals surface area contributed by atoms with E-state index in [1.54, 1.807) is 0 Å². The normalized spacial score (nSPS) is 16.2. The number of aromatic nitrogens is 2. The molecule has 2 N–H and O–H groups in total. The Balaban J connectivity index is 2.26. The Labute approximate surface area is 129 Å². The molecular weight excluding hydrogens is 284 g/mol. The van der Waals surface area contributed by atoms with E-state index in [-0.39, 0.29) is 23.7 Å². The predicted molar refractivity (Wildman–Crippen MR) is 85.2 cm³/mol. The lowest BCUT2D eigenvalue weighted by Crippen LogP contribution is -2.44. The van der Waals surface area contributed by atoms with Crippen LogP contribution in [0.4, 0.5) is 5.82 Å². The summed E-state index contributed by atoms with van der Waals surface area (Å²) in [6.07, 6.45) is 5.74. The first-order valence-electron chi connectivity index (χ1n) is 7.63. The average Bonchev–Trinajstić information content (AvgIpc) is 2.52. The van der Waals surface area contributed by atoms with E-state index in [2.05, 4.69) is 0 Å². The van der Waals surface area contributed by atoms with Crippen LogP contribution >= 0.6 is 0 Å².